The number of morpholine rings is 1. The highest BCUT2D eigenvalue weighted by molar-refractivity contribution is 5.78. The standard InChI is InChI=1S/C20H27NO4/c1-2-3-9-21-16-10-14(11-17(21)19-18(16)25-19)24-20(23)15(12-22)13-7-5-4-6-8-13/h4-8,14-19,22H,2-3,9-12H2,1H3/t15-,16+,17+,18-,19-/m1/s1. The van der Waals surface area contributed by atoms with Gasteiger partial charge in [-0.25, -0.2) is 0 Å². The third-order valence-corrected chi connectivity index (χ3v) is 5.90. The molecule has 136 valence electrons. The third-order valence-electron chi connectivity index (χ3n) is 5.90. The van der Waals surface area contributed by atoms with Crippen molar-refractivity contribution in [2.45, 2.75) is 68.9 Å². The summed E-state index contributed by atoms with van der Waals surface area (Å²) in [7, 11) is 0. The number of benzene rings is 1. The summed E-state index contributed by atoms with van der Waals surface area (Å²) in [6, 6.07) is 10.2. The Morgan fingerprint density at radius 3 is 2.56 bits per heavy atom. The molecule has 3 aliphatic heterocycles. The van der Waals surface area contributed by atoms with Gasteiger partial charge in [0.05, 0.1) is 6.61 Å². The van der Waals surface area contributed by atoms with Gasteiger partial charge in [-0.15, -0.1) is 0 Å². The van der Waals surface area contributed by atoms with Gasteiger partial charge in [0.25, 0.3) is 0 Å². The van der Waals surface area contributed by atoms with Crippen LogP contribution in [0.5, 0.6) is 0 Å². The van der Waals surface area contributed by atoms with Crippen LogP contribution in [0.25, 0.3) is 0 Å². The van der Waals surface area contributed by atoms with Crippen molar-refractivity contribution in [1.82, 2.24) is 4.90 Å². The zero-order valence-electron chi connectivity index (χ0n) is 14.7. The molecule has 0 radical (unpaired) electrons. The molecule has 25 heavy (non-hydrogen) atoms. The van der Waals surface area contributed by atoms with Crippen molar-refractivity contribution >= 4 is 5.97 Å². The predicted molar refractivity (Wildman–Crippen MR) is 93.2 cm³/mol. The normalized spacial score (nSPS) is 34.4. The van der Waals surface area contributed by atoms with E-state index in [0.717, 1.165) is 24.9 Å². The first-order valence-electron chi connectivity index (χ1n) is 9.50. The van der Waals surface area contributed by atoms with Gasteiger partial charge in [0.2, 0.25) is 0 Å². The van der Waals surface area contributed by atoms with E-state index < -0.39 is 5.92 Å². The fourth-order valence-corrected chi connectivity index (χ4v) is 4.57. The minimum Gasteiger partial charge on any atom is -0.462 e. The molecule has 5 atom stereocenters. The maximum atomic E-state index is 12.6. The molecule has 1 aromatic rings. The monoisotopic (exact) mass is 345 g/mol. The van der Waals surface area contributed by atoms with Crippen LogP contribution in [0.4, 0.5) is 0 Å². The second-order valence-corrected chi connectivity index (χ2v) is 7.47. The maximum absolute atomic E-state index is 12.6. The number of fused-ring (bicyclic) bond motifs is 5. The molecule has 1 aromatic carbocycles. The number of piperidine rings is 1. The molecule has 3 fully saturated rings. The van der Waals surface area contributed by atoms with Gasteiger partial charge in [0, 0.05) is 24.9 Å². The van der Waals surface area contributed by atoms with Gasteiger partial charge in [-0.05, 0) is 18.5 Å². The SMILES string of the molecule is CCCCN1[C@H]2CC(OC(=O)[C@H](CO)c3ccccc3)C[C@H]1[C@H]1O[C@@H]12. The van der Waals surface area contributed by atoms with Crippen molar-refractivity contribution in [1.29, 1.82) is 0 Å². The molecule has 0 aliphatic carbocycles. The largest absolute Gasteiger partial charge is 0.462 e. The number of carbonyl (C=O) groups excluding carboxylic acids is 1. The van der Waals surface area contributed by atoms with Crippen LogP contribution in [0, 0.1) is 0 Å². The van der Waals surface area contributed by atoms with Crippen LogP contribution in [0.3, 0.4) is 0 Å². The number of esters is 1. The third kappa shape index (κ3) is 3.21. The average molecular weight is 345 g/mol. The van der Waals surface area contributed by atoms with Gasteiger partial charge < -0.3 is 14.6 Å². The second-order valence-electron chi connectivity index (χ2n) is 7.47. The molecule has 0 aromatic heterocycles. The Bertz CT molecular complexity index is 589. The number of rotatable bonds is 7. The number of unbranched alkanes of at least 4 members (excludes halogenated alkanes) is 1. The number of carbonyl (C=O) groups is 1. The first kappa shape index (κ1) is 17.0. The highest BCUT2D eigenvalue weighted by Crippen LogP contribution is 2.49. The molecule has 5 nitrogen and oxygen atoms in total. The summed E-state index contributed by atoms with van der Waals surface area (Å²) in [5.41, 5.74) is 0.810. The van der Waals surface area contributed by atoms with Crippen LogP contribution in [0.1, 0.15) is 44.1 Å². The van der Waals surface area contributed by atoms with Crippen LogP contribution in [-0.4, -0.2) is 59.5 Å². The van der Waals surface area contributed by atoms with Crippen molar-refractivity contribution in [3.05, 3.63) is 35.9 Å². The molecule has 5 heteroatoms. The van der Waals surface area contributed by atoms with Crippen molar-refractivity contribution in [3.63, 3.8) is 0 Å². The Hall–Kier alpha value is -1.43. The van der Waals surface area contributed by atoms with Gasteiger partial charge >= 0.3 is 5.97 Å². The Balaban J connectivity index is 1.39. The lowest BCUT2D eigenvalue weighted by Gasteiger charge is -2.40. The lowest BCUT2D eigenvalue weighted by molar-refractivity contribution is -0.157. The summed E-state index contributed by atoms with van der Waals surface area (Å²) < 4.78 is 11.6. The molecule has 0 saturated carbocycles. The predicted octanol–water partition coefficient (Wildman–Crippen LogP) is 2.09. The lowest BCUT2D eigenvalue weighted by atomic mass is 9.97. The molecular weight excluding hydrogens is 318 g/mol. The number of hydrogen-bond acceptors (Lipinski definition) is 5. The minimum absolute atomic E-state index is 0.0606. The summed E-state index contributed by atoms with van der Waals surface area (Å²) in [4.78, 5) is 15.2. The molecule has 4 rings (SSSR count). The van der Waals surface area contributed by atoms with Gasteiger partial charge in [0.15, 0.2) is 0 Å². The van der Waals surface area contributed by atoms with Crippen molar-refractivity contribution < 1.29 is 19.4 Å². The molecule has 2 bridgehead atoms. The fourth-order valence-electron chi connectivity index (χ4n) is 4.57. The molecule has 0 amide bonds. The van der Waals surface area contributed by atoms with Gasteiger partial charge in [-0.2, -0.15) is 0 Å². The molecular formula is C20H27NO4. The number of ether oxygens (including phenoxy) is 2. The number of aliphatic hydroxyl groups excluding tert-OH is 1. The van der Waals surface area contributed by atoms with Gasteiger partial charge in [-0.3, -0.25) is 9.69 Å². The molecule has 1 N–H and O–H groups in total. The molecule has 0 unspecified atom stereocenters. The highest BCUT2D eigenvalue weighted by Gasteiger charge is 2.63. The number of epoxide rings is 1. The summed E-state index contributed by atoms with van der Waals surface area (Å²) in [6.07, 6.45) is 4.72. The van der Waals surface area contributed by atoms with Crippen LogP contribution in [0.15, 0.2) is 30.3 Å². The summed E-state index contributed by atoms with van der Waals surface area (Å²) in [5, 5.41) is 9.65. The van der Waals surface area contributed by atoms with Crippen LogP contribution < -0.4 is 0 Å². The van der Waals surface area contributed by atoms with Gasteiger partial charge in [0.1, 0.15) is 24.2 Å². The van der Waals surface area contributed by atoms with E-state index in [1.165, 1.54) is 12.8 Å². The second kappa shape index (κ2) is 7.06. The van der Waals surface area contributed by atoms with E-state index in [0.29, 0.717) is 24.3 Å². The number of nitrogens with zero attached hydrogens (tertiary/aromatic N) is 1. The van der Waals surface area contributed by atoms with E-state index in [2.05, 4.69) is 11.8 Å². The van der Waals surface area contributed by atoms with E-state index in [-0.39, 0.29) is 18.7 Å². The Kier molecular flexibility index (Phi) is 4.80. The van der Waals surface area contributed by atoms with Crippen molar-refractivity contribution in [2.75, 3.05) is 13.2 Å². The van der Waals surface area contributed by atoms with E-state index in [1.807, 2.05) is 30.3 Å². The molecule has 0 spiro atoms. The van der Waals surface area contributed by atoms with Crippen LogP contribution in [-0.2, 0) is 14.3 Å². The topological polar surface area (TPSA) is 62.3 Å². The Labute approximate surface area is 148 Å². The number of aliphatic hydroxyl groups is 1. The first-order chi connectivity index (χ1) is 12.2. The van der Waals surface area contributed by atoms with Crippen molar-refractivity contribution in [2.24, 2.45) is 0 Å². The average Bonchev–Trinajstić information content (AvgIpc) is 3.38. The van der Waals surface area contributed by atoms with E-state index >= 15 is 0 Å². The summed E-state index contributed by atoms with van der Waals surface area (Å²) >= 11 is 0. The first-order valence-corrected chi connectivity index (χ1v) is 9.50. The number of hydrogen-bond donors (Lipinski definition) is 1. The smallest absolute Gasteiger partial charge is 0.316 e. The lowest BCUT2D eigenvalue weighted by Crippen LogP contribution is -2.50. The molecule has 3 aliphatic rings. The minimum atomic E-state index is -0.595. The Morgan fingerprint density at radius 2 is 1.96 bits per heavy atom. The fraction of sp³-hybridized carbons (Fsp3) is 0.650. The van der Waals surface area contributed by atoms with E-state index in [9.17, 15) is 9.90 Å². The zero-order valence-corrected chi connectivity index (χ0v) is 14.7. The summed E-state index contributed by atoms with van der Waals surface area (Å²) in [6.45, 7) is 3.11. The van der Waals surface area contributed by atoms with E-state index in [4.69, 9.17) is 9.47 Å². The quantitative estimate of drug-likeness (QED) is 0.606. The molecule has 3 heterocycles. The van der Waals surface area contributed by atoms with Gasteiger partial charge in [-0.1, -0.05) is 43.7 Å². The zero-order chi connectivity index (χ0) is 17.4. The maximum Gasteiger partial charge on any atom is 0.316 e. The Morgan fingerprint density at radius 1 is 1.28 bits per heavy atom. The highest BCUT2D eigenvalue weighted by atomic mass is 16.6. The van der Waals surface area contributed by atoms with Crippen molar-refractivity contribution in [3.8, 4) is 0 Å². The van der Waals surface area contributed by atoms with Crippen LogP contribution >= 0.6 is 0 Å². The van der Waals surface area contributed by atoms with E-state index in [1.54, 1.807) is 0 Å². The van der Waals surface area contributed by atoms with Crippen LogP contribution in [0.2, 0.25) is 0 Å². The summed E-state index contributed by atoms with van der Waals surface area (Å²) in [5.74, 6) is -0.905. The molecule has 3 saturated heterocycles.